The van der Waals surface area contributed by atoms with E-state index >= 15 is 0 Å². The van der Waals surface area contributed by atoms with Gasteiger partial charge in [-0.2, -0.15) is 13.2 Å². The summed E-state index contributed by atoms with van der Waals surface area (Å²) in [7, 11) is 0. The van der Waals surface area contributed by atoms with Gasteiger partial charge in [0, 0.05) is 6.04 Å². The zero-order valence-electron chi connectivity index (χ0n) is 8.43. The van der Waals surface area contributed by atoms with Gasteiger partial charge in [0.15, 0.2) is 5.41 Å². The first-order valence-electron chi connectivity index (χ1n) is 4.83. The van der Waals surface area contributed by atoms with E-state index in [-0.39, 0.29) is 25.9 Å². The Bertz CT molecular complexity index is 254. The van der Waals surface area contributed by atoms with Gasteiger partial charge in [0.25, 0.3) is 0 Å². The minimum Gasteiger partial charge on any atom is -0.465 e. The quantitative estimate of drug-likeness (QED) is 0.726. The highest BCUT2D eigenvalue weighted by Gasteiger charge is 2.63. The molecule has 1 aliphatic rings. The summed E-state index contributed by atoms with van der Waals surface area (Å²) in [6.45, 7) is 1.43. The van der Waals surface area contributed by atoms with Crippen molar-refractivity contribution in [3.63, 3.8) is 0 Å². The van der Waals surface area contributed by atoms with Crippen LogP contribution in [0.1, 0.15) is 26.2 Å². The molecule has 3 nitrogen and oxygen atoms in total. The molecule has 2 N–H and O–H groups in total. The molecule has 15 heavy (non-hydrogen) atoms. The zero-order chi connectivity index (χ0) is 11.7. The van der Waals surface area contributed by atoms with Crippen LogP contribution in [0.2, 0.25) is 0 Å². The summed E-state index contributed by atoms with van der Waals surface area (Å²) in [5, 5.41) is 0. The number of nitrogens with two attached hydrogens (primary N) is 1. The Morgan fingerprint density at radius 2 is 2.20 bits per heavy atom. The zero-order valence-corrected chi connectivity index (χ0v) is 8.43. The van der Waals surface area contributed by atoms with E-state index in [1.807, 2.05) is 0 Å². The molecule has 0 unspecified atom stereocenters. The van der Waals surface area contributed by atoms with E-state index in [0.29, 0.717) is 0 Å². The summed E-state index contributed by atoms with van der Waals surface area (Å²) >= 11 is 0. The number of alkyl halides is 3. The average molecular weight is 225 g/mol. The molecule has 0 saturated heterocycles. The van der Waals surface area contributed by atoms with Gasteiger partial charge in [-0.3, -0.25) is 4.79 Å². The predicted molar refractivity (Wildman–Crippen MR) is 46.9 cm³/mol. The molecule has 2 atom stereocenters. The Kier molecular flexibility index (Phi) is 3.28. The molecule has 1 aliphatic carbocycles. The molecule has 6 heteroatoms. The summed E-state index contributed by atoms with van der Waals surface area (Å²) in [5.41, 5.74) is 3.06. The molecule has 1 rings (SSSR count). The summed E-state index contributed by atoms with van der Waals surface area (Å²) in [5.74, 6) is -1.19. The van der Waals surface area contributed by atoms with Crippen LogP contribution in [-0.2, 0) is 9.53 Å². The van der Waals surface area contributed by atoms with Crippen LogP contribution in [0.5, 0.6) is 0 Å². The molecule has 0 aromatic rings. The van der Waals surface area contributed by atoms with Gasteiger partial charge in [0.05, 0.1) is 6.61 Å². The van der Waals surface area contributed by atoms with Crippen molar-refractivity contribution in [1.29, 1.82) is 0 Å². The number of hydrogen-bond acceptors (Lipinski definition) is 3. The Hall–Kier alpha value is -0.780. The monoisotopic (exact) mass is 225 g/mol. The van der Waals surface area contributed by atoms with E-state index in [0.717, 1.165) is 0 Å². The molecular weight excluding hydrogens is 211 g/mol. The van der Waals surface area contributed by atoms with Crippen LogP contribution in [0.25, 0.3) is 0 Å². The average Bonchev–Trinajstić information content (AvgIpc) is 2.48. The molecule has 0 aromatic heterocycles. The summed E-state index contributed by atoms with van der Waals surface area (Å²) < 4.78 is 42.9. The lowest BCUT2D eigenvalue weighted by Crippen LogP contribution is -2.45. The lowest BCUT2D eigenvalue weighted by molar-refractivity contribution is -0.233. The molecule has 0 spiro atoms. The maximum Gasteiger partial charge on any atom is 0.404 e. The highest BCUT2D eigenvalue weighted by molar-refractivity contribution is 5.78. The van der Waals surface area contributed by atoms with Crippen LogP contribution in [0, 0.1) is 5.41 Å². The maximum absolute atomic E-state index is 12.8. The van der Waals surface area contributed by atoms with Crippen molar-refractivity contribution in [3.8, 4) is 0 Å². The van der Waals surface area contributed by atoms with E-state index in [4.69, 9.17) is 5.73 Å². The molecule has 1 saturated carbocycles. The smallest absolute Gasteiger partial charge is 0.404 e. The molecule has 0 amide bonds. The highest BCUT2D eigenvalue weighted by atomic mass is 19.4. The van der Waals surface area contributed by atoms with Crippen molar-refractivity contribution in [3.05, 3.63) is 0 Å². The summed E-state index contributed by atoms with van der Waals surface area (Å²) in [4.78, 5) is 11.4. The van der Waals surface area contributed by atoms with E-state index < -0.39 is 23.6 Å². The summed E-state index contributed by atoms with van der Waals surface area (Å²) in [6, 6.07) is -0.573. The normalized spacial score (nSPS) is 31.7. The molecule has 0 bridgehead atoms. The van der Waals surface area contributed by atoms with Crippen molar-refractivity contribution in [2.75, 3.05) is 6.61 Å². The molecule has 1 fully saturated rings. The minimum atomic E-state index is -4.58. The first-order chi connectivity index (χ1) is 6.83. The molecule has 0 aliphatic heterocycles. The second-order valence-corrected chi connectivity index (χ2v) is 3.80. The standard InChI is InChI=1S/C9H14F3NO2/c1-2-15-7(14)8(9(10,11)12)4-3-6(13)5-8/h6H,2-5,13H2,1H3/t6-,8+/m1/s1. The fourth-order valence-electron chi connectivity index (χ4n) is 1.91. The number of carbonyl (C=O) groups is 1. The van der Waals surface area contributed by atoms with Gasteiger partial charge in [-0.15, -0.1) is 0 Å². The largest absolute Gasteiger partial charge is 0.465 e. The van der Waals surface area contributed by atoms with Crippen LogP contribution in [0.15, 0.2) is 0 Å². The van der Waals surface area contributed by atoms with Crippen molar-refractivity contribution >= 4 is 5.97 Å². The number of halogens is 3. The summed E-state index contributed by atoms with van der Waals surface area (Å²) in [6.07, 6.45) is -5.00. The van der Waals surface area contributed by atoms with Crippen LogP contribution in [0.3, 0.4) is 0 Å². The Morgan fingerprint density at radius 3 is 2.53 bits per heavy atom. The van der Waals surface area contributed by atoms with E-state index in [1.54, 1.807) is 0 Å². The van der Waals surface area contributed by atoms with E-state index in [2.05, 4.69) is 4.74 Å². The third-order valence-electron chi connectivity index (χ3n) is 2.76. The van der Waals surface area contributed by atoms with Crippen molar-refractivity contribution in [2.24, 2.45) is 11.1 Å². The highest BCUT2D eigenvalue weighted by Crippen LogP contribution is 2.50. The van der Waals surface area contributed by atoms with Crippen LogP contribution >= 0.6 is 0 Å². The van der Waals surface area contributed by atoms with Gasteiger partial charge in [0.2, 0.25) is 0 Å². The van der Waals surface area contributed by atoms with Gasteiger partial charge in [0.1, 0.15) is 0 Å². The third-order valence-corrected chi connectivity index (χ3v) is 2.76. The topological polar surface area (TPSA) is 52.3 Å². The minimum absolute atomic E-state index is 0.0497. The number of rotatable bonds is 2. The van der Waals surface area contributed by atoms with Crippen molar-refractivity contribution in [1.82, 2.24) is 0 Å². The Labute approximate surface area is 85.8 Å². The Morgan fingerprint density at radius 1 is 1.60 bits per heavy atom. The second-order valence-electron chi connectivity index (χ2n) is 3.80. The third kappa shape index (κ3) is 2.09. The van der Waals surface area contributed by atoms with E-state index in [9.17, 15) is 18.0 Å². The van der Waals surface area contributed by atoms with Gasteiger partial charge < -0.3 is 10.5 Å². The van der Waals surface area contributed by atoms with Gasteiger partial charge >= 0.3 is 12.1 Å². The van der Waals surface area contributed by atoms with Gasteiger partial charge in [-0.25, -0.2) is 0 Å². The number of carbonyl (C=O) groups excluding carboxylic acids is 1. The lowest BCUT2D eigenvalue weighted by atomic mass is 9.85. The number of ether oxygens (including phenoxy) is 1. The first kappa shape index (κ1) is 12.3. The number of esters is 1. The van der Waals surface area contributed by atoms with Crippen molar-refractivity contribution in [2.45, 2.75) is 38.4 Å². The second kappa shape index (κ2) is 4.00. The molecule has 88 valence electrons. The SMILES string of the molecule is CCOC(=O)[C@]1(C(F)(F)F)CC[C@@H](N)C1. The Balaban J connectivity index is 2.93. The first-order valence-corrected chi connectivity index (χ1v) is 4.83. The van der Waals surface area contributed by atoms with Crippen molar-refractivity contribution < 1.29 is 22.7 Å². The molecule has 0 radical (unpaired) electrons. The molecule has 0 heterocycles. The maximum atomic E-state index is 12.8. The van der Waals surface area contributed by atoms with E-state index in [1.165, 1.54) is 6.92 Å². The predicted octanol–water partition coefficient (Wildman–Crippen LogP) is 1.61. The molecule has 0 aromatic carbocycles. The number of hydrogen-bond donors (Lipinski definition) is 1. The fourth-order valence-corrected chi connectivity index (χ4v) is 1.91. The lowest BCUT2D eigenvalue weighted by Gasteiger charge is -2.29. The van der Waals surface area contributed by atoms with Gasteiger partial charge in [-0.05, 0) is 26.2 Å². The van der Waals surface area contributed by atoms with Crippen LogP contribution < -0.4 is 5.73 Å². The van der Waals surface area contributed by atoms with Crippen LogP contribution in [-0.4, -0.2) is 24.8 Å². The fraction of sp³-hybridized carbons (Fsp3) is 0.889. The molecular formula is C9H14F3NO2. The van der Waals surface area contributed by atoms with Gasteiger partial charge in [-0.1, -0.05) is 0 Å². The van der Waals surface area contributed by atoms with Crippen LogP contribution in [0.4, 0.5) is 13.2 Å².